The van der Waals surface area contributed by atoms with Crippen molar-refractivity contribution in [3.63, 3.8) is 0 Å². The molecule has 1 unspecified atom stereocenters. The lowest BCUT2D eigenvalue weighted by Crippen LogP contribution is -2.36. The van der Waals surface area contributed by atoms with Crippen LogP contribution in [0.15, 0.2) is 30.3 Å². The fourth-order valence-corrected chi connectivity index (χ4v) is 2.62. The van der Waals surface area contributed by atoms with Crippen molar-refractivity contribution in [1.29, 1.82) is 0 Å². The molecule has 0 aromatic heterocycles. The minimum absolute atomic E-state index is 0.224. The van der Waals surface area contributed by atoms with Crippen molar-refractivity contribution in [3.05, 3.63) is 30.3 Å². The molecular formula is C15H22N2O. The number of nitrogens with zero attached hydrogens (tertiary/aromatic N) is 2. The van der Waals surface area contributed by atoms with Gasteiger partial charge in [0, 0.05) is 25.7 Å². The average Bonchev–Trinajstić information content (AvgIpc) is 2.39. The van der Waals surface area contributed by atoms with Gasteiger partial charge in [0.2, 0.25) is 5.91 Å². The minimum atomic E-state index is 0.224. The largest absolute Gasteiger partial charge is 0.315 e. The predicted octanol–water partition coefficient (Wildman–Crippen LogP) is 2.38. The van der Waals surface area contributed by atoms with Crippen molar-refractivity contribution in [2.75, 3.05) is 32.1 Å². The highest BCUT2D eigenvalue weighted by molar-refractivity contribution is 5.92. The summed E-state index contributed by atoms with van der Waals surface area (Å²) in [4.78, 5) is 16.3. The fourth-order valence-electron chi connectivity index (χ4n) is 2.62. The molecule has 98 valence electrons. The van der Waals surface area contributed by atoms with Crippen LogP contribution in [0.3, 0.4) is 0 Å². The third-order valence-electron chi connectivity index (χ3n) is 3.70. The van der Waals surface area contributed by atoms with E-state index < -0.39 is 0 Å². The first-order valence-corrected chi connectivity index (χ1v) is 6.67. The summed E-state index contributed by atoms with van der Waals surface area (Å²) < 4.78 is 0. The summed E-state index contributed by atoms with van der Waals surface area (Å²) >= 11 is 0. The van der Waals surface area contributed by atoms with Crippen molar-refractivity contribution < 1.29 is 4.79 Å². The molecule has 1 heterocycles. The van der Waals surface area contributed by atoms with Gasteiger partial charge in [0.1, 0.15) is 0 Å². The summed E-state index contributed by atoms with van der Waals surface area (Å²) in [6.45, 7) is 2.22. The SMILES string of the molecule is CN1CCCC(CC(=O)N(C)c2ccccc2)C1. The molecule has 0 aliphatic carbocycles. The molecule has 1 aliphatic rings. The third kappa shape index (κ3) is 3.33. The lowest BCUT2D eigenvalue weighted by molar-refractivity contribution is -0.119. The van der Waals surface area contributed by atoms with E-state index in [1.807, 2.05) is 37.4 Å². The van der Waals surface area contributed by atoms with Crippen LogP contribution >= 0.6 is 0 Å². The lowest BCUT2D eigenvalue weighted by atomic mass is 9.94. The van der Waals surface area contributed by atoms with Gasteiger partial charge in [0.05, 0.1) is 0 Å². The molecule has 1 atom stereocenters. The zero-order chi connectivity index (χ0) is 13.0. The molecule has 2 rings (SSSR count). The van der Waals surface area contributed by atoms with Crippen LogP contribution in [0.4, 0.5) is 5.69 Å². The quantitative estimate of drug-likeness (QED) is 0.817. The Morgan fingerprint density at radius 3 is 2.78 bits per heavy atom. The van der Waals surface area contributed by atoms with Crippen molar-refractivity contribution in [2.45, 2.75) is 19.3 Å². The Bertz CT molecular complexity index is 391. The first-order chi connectivity index (χ1) is 8.66. The van der Waals surface area contributed by atoms with E-state index >= 15 is 0 Å². The van der Waals surface area contributed by atoms with Gasteiger partial charge < -0.3 is 9.80 Å². The highest BCUT2D eigenvalue weighted by Gasteiger charge is 2.22. The van der Waals surface area contributed by atoms with Crippen LogP contribution in [0.25, 0.3) is 0 Å². The Labute approximate surface area is 109 Å². The number of carbonyl (C=O) groups is 1. The van der Waals surface area contributed by atoms with Gasteiger partial charge in [-0.25, -0.2) is 0 Å². The van der Waals surface area contributed by atoms with Crippen molar-refractivity contribution in [2.24, 2.45) is 5.92 Å². The number of para-hydroxylation sites is 1. The monoisotopic (exact) mass is 246 g/mol. The summed E-state index contributed by atoms with van der Waals surface area (Å²) in [5.41, 5.74) is 0.978. The van der Waals surface area contributed by atoms with Gasteiger partial charge in [-0.2, -0.15) is 0 Å². The van der Waals surface area contributed by atoms with Gasteiger partial charge in [-0.1, -0.05) is 18.2 Å². The Hall–Kier alpha value is -1.35. The average molecular weight is 246 g/mol. The Kier molecular flexibility index (Phi) is 4.37. The molecule has 18 heavy (non-hydrogen) atoms. The zero-order valence-corrected chi connectivity index (χ0v) is 11.3. The van der Waals surface area contributed by atoms with Gasteiger partial charge in [0.15, 0.2) is 0 Å². The molecule has 1 fully saturated rings. The first-order valence-electron chi connectivity index (χ1n) is 6.67. The molecule has 0 bridgehead atoms. The Balaban J connectivity index is 1.91. The molecule has 1 aliphatic heterocycles. The van der Waals surface area contributed by atoms with Crippen molar-refractivity contribution in [3.8, 4) is 0 Å². The molecule has 3 heteroatoms. The van der Waals surface area contributed by atoms with Crippen LogP contribution in [-0.4, -0.2) is 38.0 Å². The summed E-state index contributed by atoms with van der Waals surface area (Å²) in [5.74, 6) is 0.740. The second kappa shape index (κ2) is 6.01. The number of piperidine rings is 1. The number of hydrogen-bond acceptors (Lipinski definition) is 2. The number of anilines is 1. The van der Waals surface area contributed by atoms with Gasteiger partial charge in [-0.15, -0.1) is 0 Å². The maximum Gasteiger partial charge on any atom is 0.227 e. The van der Waals surface area contributed by atoms with Crippen molar-refractivity contribution in [1.82, 2.24) is 4.90 Å². The number of hydrogen-bond donors (Lipinski definition) is 0. The van der Waals surface area contributed by atoms with Gasteiger partial charge >= 0.3 is 0 Å². The summed E-state index contributed by atoms with van der Waals surface area (Å²) in [7, 11) is 4.00. The van der Waals surface area contributed by atoms with E-state index in [-0.39, 0.29) is 5.91 Å². The van der Waals surface area contributed by atoms with E-state index in [0.717, 1.165) is 12.2 Å². The van der Waals surface area contributed by atoms with E-state index in [4.69, 9.17) is 0 Å². The smallest absolute Gasteiger partial charge is 0.227 e. The second-order valence-electron chi connectivity index (χ2n) is 5.26. The molecule has 0 spiro atoms. The predicted molar refractivity (Wildman–Crippen MR) is 74.7 cm³/mol. The summed E-state index contributed by atoms with van der Waals surface area (Å²) in [6.07, 6.45) is 3.05. The van der Waals surface area contributed by atoms with Crippen LogP contribution in [-0.2, 0) is 4.79 Å². The van der Waals surface area contributed by atoms with E-state index in [1.165, 1.54) is 19.4 Å². The van der Waals surface area contributed by atoms with Crippen LogP contribution in [0.1, 0.15) is 19.3 Å². The highest BCUT2D eigenvalue weighted by atomic mass is 16.2. The standard InChI is InChI=1S/C15H22N2O/c1-16-10-6-7-13(12-16)11-15(18)17(2)14-8-4-3-5-9-14/h3-5,8-9,13H,6-7,10-12H2,1-2H3. The van der Waals surface area contributed by atoms with Gasteiger partial charge in [-0.05, 0) is 44.5 Å². The second-order valence-corrected chi connectivity index (χ2v) is 5.26. The molecule has 1 aromatic rings. The first kappa shape index (κ1) is 13.1. The van der Waals surface area contributed by atoms with E-state index in [9.17, 15) is 4.79 Å². The van der Waals surface area contributed by atoms with E-state index in [1.54, 1.807) is 4.90 Å². The third-order valence-corrected chi connectivity index (χ3v) is 3.70. The maximum atomic E-state index is 12.2. The number of amides is 1. The number of benzene rings is 1. The molecule has 1 aromatic carbocycles. The van der Waals surface area contributed by atoms with Crippen molar-refractivity contribution >= 4 is 11.6 Å². The normalized spacial score (nSPS) is 20.7. The number of carbonyl (C=O) groups excluding carboxylic acids is 1. The minimum Gasteiger partial charge on any atom is -0.315 e. The van der Waals surface area contributed by atoms with Crippen LogP contribution in [0.5, 0.6) is 0 Å². The summed E-state index contributed by atoms with van der Waals surface area (Å²) in [6, 6.07) is 9.86. The topological polar surface area (TPSA) is 23.6 Å². The highest BCUT2D eigenvalue weighted by Crippen LogP contribution is 2.21. The van der Waals surface area contributed by atoms with E-state index in [2.05, 4.69) is 11.9 Å². The number of likely N-dealkylation sites (tertiary alicyclic amines) is 1. The molecule has 3 nitrogen and oxygen atoms in total. The summed E-state index contributed by atoms with van der Waals surface area (Å²) in [5, 5.41) is 0. The van der Waals surface area contributed by atoms with Crippen LogP contribution in [0, 0.1) is 5.92 Å². The molecule has 1 saturated heterocycles. The molecule has 0 N–H and O–H groups in total. The van der Waals surface area contributed by atoms with Gasteiger partial charge in [0.25, 0.3) is 0 Å². The lowest BCUT2D eigenvalue weighted by Gasteiger charge is -2.30. The van der Waals surface area contributed by atoms with Crippen LogP contribution < -0.4 is 4.90 Å². The molecule has 0 radical (unpaired) electrons. The fraction of sp³-hybridized carbons (Fsp3) is 0.533. The molecular weight excluding hydrogens is 224 g/mol. The maximum absolute atomic E-state index is 12.2. The van der Waals surface area contributed by atoms with Crippen LogP contribution in [0.2, 0.25) is 0 Å². The number of rotatable bonds is 3. The molecule has 1 amide bonds. The Morgan fingerprint density at radius 1 is 1.39 bits per heavy atom. The van der Waals surface area contributed by atoms with E-state index in [0.29, 0.717) is 12.3 Å². The van der Waals surface area contributed by atoms with Gasteiger partial charge in [-0.3, -0.25) is 4.79 Å². The zero-order valence-electron chi connectivity index (χ0n) is 11.3. The molecule has 0 saturated carbocycles. The Morgan fingerprint density at radius 2 is 2.11 bits per heavy atom.